The first-order valence-electron chi connectivity index (χ1n) is 7.48. The summed E-state index contributed by atoms with van der Waals surface area (Å²) in [5, 5.41) is 0.598. The average Bonchev–Trinajstić information content (AvgIpc) is 2.98. The van der Waals surface area contributed by atoms with Crippen LogP contribution in [0.3, 0.4) is 0 Å². The minimum atomic E-state index is -0.490. The van der Waals surface area contributed by atoms with Crippen molar-refractivity contribution in [3.63, 3.8) is 0 Å². The molecule has 0 saturated carbocycles. The average molecular weight is 346 g/mol. The molecule has 3 rings (SSSR count). The molecule has 0 N–H and O–H groups in total. The molecule has 0 spiro atoms. The van der Waals surface area contributed by atoms with Crippen LogP contribution < -0.4 is 14.4 Å². The van der Waals surface area contributed by atoms with Gasteiger partial charge in [-0.3, -0.25) is 9.59 Å². The summed E-state index contributed by atoms with van der Waals surface area (Å²) in [6, 6.07) is 13.7. The third-order valence-corrected chi connectivity index (χ3v) is 4.13. The van der Waals surface area contributed by atoms with Crippen LogP contribution in [0.15, 0.2) is 48.5 Å². The van der Waals surface area contributed by atoms with Crippen LogP contribution in [-0.4, -0.2) is 25.5 Å². The first kappa shape index (κ1) is 16.3. The standard InChI is InChI=1S/C18H16ClNO4/c1-23-15-6-8-16(9-7-15)24-18(22)12-10-17(21)20(11-12)14-4-2-13(19)3-5-14/h2-9,12H,10-11H2,1H3/t12-/m1/s1. The number of hydrogen-bond acceptors (Lipinski definition) is 4. The largest absolute Gasteiger partial charge is 0.497 e. The normalized spacial score (nSPS) is 17.0. The van der Waals surface area contributed by atoms with Crippen LogP contribution in [0.4, 0.5) is 5.69 Å². The Kier molecular flexibility index (Phi) is 4.71. The van der Waals surface area contributed by atoms with Gasteiger partial charge in [-0.2, -0.15) is 0 Å². The third-order valence-electron chi connectivity index (χ3n) is 3.87. The van der Waals surface area contributed by atoms with E-state index in [0.29, 0.717) is 23.1 Å². The van der Waals surface area contributed by atoms with E-state index in [-0.39, 0.29) is 12.3 Å². The van der Waals surface area contributed by atoms with E-state index < -0.39 is 11.9 Å². The number of amides is 1. The Balaban J connectivity index is 1.66. The molecule has 0 radical (unpaired) electrons. The molecule has 24 heavy (non-hydrogen) atoms. The Morgan fingerprint density at radius 2 is 1.71 bits per heavy atom. The fraction of sp³-hybridized carbons (Fsp3) is 0.222. The minimum Gasteiger partial charge on any atom is -0.497 e. The Morgan fingerprint density at radius 3 is 2.33 bits per heavy atom. The van der Waals surface area contributed by atoms with E-state index in [2.05, 4.69) is 0 Å². The number of esters is 1. The van der Waals surface area contributed by atoms with Crippen molar-refractivity contribution >= 4 is 29.2 Å². The monoisotopic (exact) mass is 345 g/mol. The van der Waals surface area contributed by atoms with Gasteiger partial charge in [0.2, 0.25) is 5.91 Å². The van der Waals surface area contributed by atoms with E-state index in [1.54, 1.807) is 60.5 Å². The van der Waals surface area contributed by atoms with Crippen LogP contribution in [0.1, 0.15) is 6.42 Å². The molecule has 1 heterocycles. The summed E-state index contributed by atoms with van der Waals surface area (Å²) >= 11 is 5.86. The molecule has 5 nitrogen and oxygen atoms in total. The van der Waals surface area contributed by atoms with Gasteiger partial charge in [0.15, 0.2) is 0 Å². The first-order chi connectivity index (χ1) is 11.6. The number of ether oxygens (including phenoxy) is 2. The van der Waals surface area contributed by atoms with Crippen LogP contribution >= 0.6 is 11.6 Å². The van der Waals surface area contributed by atoms with Crippen LogP contribution in [-0.2, 0) is 9.59 Å². The lowest BCUT2D eigenvalue weighted by Gasteiger charge is -2.16. The number of rotatable bonds is 4. The molecule has 6 heteroatoms. The molecular weight excluding hydrogens is 330 g/mol. The lowest BCUT2D eigenvalue weighted by molar-refractivity contribution is -0.139. The predicted octanol–water partition coefficient (Wildman–Crippen LogP) is 3.31. The quantitative estimate of drug-likeness (QED) is 0.630. The fourth-order valence-electron chi connectivity index (χ4n) is 2.58. The summed E-state index contributed by atoms with van der Waals surface area (Å²) in [4.78, 5) is 26.1. The zero-order valence-corrected chi connectivity index (χ0v) is 13.8. The van der Waals surface area contributed by atoms with Gasteiger partial charge in [0.05, 0.1) is 13.0 Å². The zero-order valence-electron chi connectivity index (χ0n) is 13.1. The fourth-order valence-corrected chi connectivity index (χ4v) is 2.71. The summed E-state index contributed by atoms with van der Waals surface area (Å²) in [5.74, 6) is 0.104. The van der Waals surface area contributed by atoms with Crippen LogP contribution in [0.25, 0.3) is 0 Å². The van der Waals surface area contributed by atoms with Crippen molar-refractivity contribution in [2.24, 2.45) is 5.92 Å². The lowest BCUT2D eigenvalue weighted by Crippen LogP contribution is -2.27. The molecular formula is C18H16ClNO4. The van der Waals surface area contributed by atoms with Gasteiger partial charge in [-0.05, 0) is 48.5 Å². The Labute approximate surface area is 144 Å². The third kappa shape index (κ3) is 3.51. The van der Waals surface area contributed by atoms with E-state index >= 15 is 0 Å². The van der Waals surface area contributed by atoms with Gasteiger partial charge in [-0.25, -0.2) is 0 Å². The first-order valence-corrected chi connectivity index (χ1v) is 7.86. The number of benzene rings is 2. The zero-order chi connectivity index (χ0) is 17.1. The predicted molar refractivity (Wildman–Crippen MR) is 90.5 cm³/mol. The SMILES string of the molecule is COc1ccc(OC(=O)[C@@H]2CC(=O)N(c3ccc(Cl)cc3)C2)cc1. The molecule has 1 saturated heterocycles. The maximum absolute atomic E-state index is 12.3. The summed E-state index contributed by atoms with van der Waals surface area (Å²) in [5.41, 5.74) is 0.726. The topological polar surface area (TPSA) is 55.8 Å². The van der Waals surface area contributed by atoms with Crippen molar-refractivity contribution in [1.29, 1.82) is 0 Å². The molecule has 1 atom stereocenters. The molecule has 1 aliphatic heterocycles. The smallest absolute Gasteiger partial charge is 0.316 e. The number of anilines is 1. The molecule has 1 aliphatic rings. The summed E-state index contributed by atoms with van der Waals surface area (Å²) in [6.45, 7) is 0.301. The van der Waals surface area contributed by atoms with Crippen LogP contribution in [0, 0.1) is 5.92 Å². The van der Waals surface area contributed by atoms with Gasteiger partial charge < -0.3 is 14.4 Å². The second kappa shape index (κ2) is 6.93. The highest BCUT2D eigenvalue weighted by atomic mass is 35.5. The van der Waals surface area contributed by atoms with E-state index in [1.807, 2.05) is 0 Å². The second-order valence-electron chi connectivity index (χ2n) is 5.48. The lowest BCUT2D eigenvalue weighted by atomic mass is 10.1. The maximum atomic E-state index is 12.3. The highest BCUT2D eigenvalue weighted by molar-refractivity contribution is 6.30. The Hall–Kier alpha value is -2.53. The summed E-state index contributed by atoms with van der Waals surface area (Å²) in [7, 11) is 1.57. The van der Waals surface area contributed by atoms with Crippen molar-refractivity contribution in [3.8, 4) is 11.5 Å². The molecule has 0 bridgehead atoms. The summed E-state index contributed by atoms with van der Waals surface area (Å²) in [6.07, 6.45) is 0.137. The number of carbonyl (C=O) groups is 2. The van der Waals surface area contributed by atoms with Crippen molar-refractivity contribution in [1.82, 2.24) is 0 Å². The second-order valence-corrected chi connectivity index (χ2v) is 5.91. The van der Waals surface area contributed by atoms with E-state index in [0.717, 1.165) is 5.69 Å². The van der Waals surface area contributed by atoms with Crippen molar-refractivity contribution in [2.45, 2.75) is 6.42 Å². The molecule has 1 fully saturated rings. The van der Waals surface area contributed by atoms with Gasteiger partial charge in [-0.15, -0.1) is 0 Å². The van der Waals surface area contributed by atoms with E-state index in [9.17, 15) is 9.59 Å². The number of methoxy groups -OCH3 is 1. The summed E-state index contributed by atoms with van der Waals surface area (Å²) < 4.78 is 10.4. The van der Waals surface area contributed by atoms with Gasteiger partial charge in [0.25, 0.3) is 0 Å². The molecule has 0 aromatic heterocycles. The molecule has 0 aliphatic carbocycles. The van der Waals surface area contributed by atoms with Crippen LogP contribution in [0.5, 0.6) is 11.5 Å². The van der Waals surface area contributed by atoms with Gasteiger partial charge in [0, 0.05) is 23.7 Å². The van der Waals surface area contributed by atoms with Crippen molar-refractivity contribution in [2.75, 3.05) is 18.6 Å². The molecule has 2 aromatic carbocycles. The van der Waals surface area contributed by atoms with Gasteiger partial charge in [-0.1, -0.05) is 11.6 Å². The van der Waals surface area contributed by atoms with Crippen molar-refractivity contribution in [3.05, 3.63) is 53.6 Å². The maximum Gasteiger partial charge on any atom is 0.316 e. The number of halogens is 1. The Morgan fingerprint density at radius 1 is 1.08 bits per heavy atom. The molecule has 1 amide bonds. The highest BCUT2D eigenvalue weighted by Crippen LogP contribution is 2.27. The molecule has 2 aromatic rings. The molecule has 124 valence electrons. The van der Waals surface area contributed by atoms with Gasteiger partial charge >= 0.3 is 5.97 Å². The van der Waals surface area contributed by atoms with E-state index in [1.165, 1.54) is 0 Å². The van der Waals surface area contributed by atoms with Crippen molar-refractivity contribution < 1.29 is 19.1 Å². The molecule has 0 unspecified atom stereocenters. The van der Waals surface area contributed by atoms with Gasteiger partial charge in [0.1, 0.15) is 11.5 Å². The van der Waals surface area contributed by atoms with Crippen LogP contribution in [0.2, 0.25) is 5.02 Å². The Bertz CT molecular complexity index is 743. The van der Waals surface area contributed by atoms with E-state index in [4.69, 9.17) is 21.1 Å². The minimum absolute atomic E-state index is 0.103. The number of hydrogen-bond donors (Lipinski definition) is 0. The number of nitrogens with zero attached hydrogens (tertiary/aromatic N) is 1. The number of carbonyl (C=O) groups excluding carboxylic acids is 2. The highest BCUT2D eigenvalue weighted by Gasteiger charge is 2.36.